The van der Waals surface area contributed by atoms with Crippen LogP contribution in [-0.4, -0.2) is 36.7 Å². The number of carbonyl (C=O) groups is 1. The fourth-order valence-electron chi connectivity index (χ4n) is 2.71. The molecule has 1 aromatic heterocycles. The zero-order chi connectivity index (χ0) is 17.6. The summed E-state index contributed by atoms with van der Waals surface area (Å²) in [7, 11) is 0. The number of rotatable bonds is 6. The average molecular weight is 341 g/mol. The van der Waals surface area contributed by atoms with Crippen LogP contribution in [0.2, 0.25) is 0 Å². The standard InChI is InChI=1S/C19H23N3O3/c1-3-22(4-2)18-10-9-14(11-20-18)12-21-19(23)17-13-24-15-7-5-6-8-16(15)25-17/h5-11,17H,3-4,12-13H2,1-2H3,(H,21,23)/t17-/m1/s1. The fraction of sp³-hybridized carbons (Fsp3) is 0.368. The molecule has 1 amide bonds. The first-order chi connectivity index (χ1) is 12.2. The predicted molar refractivity (Wildman–Crippen MR) is 96.0 cm³/mol. The van der Waals surface area contributed by atoms with Gasteiger partial charge in [0.05, 0.1) is 0 Å². The number of aromatic nitrogens is 1. The van der Waals surface area contributed by atoms with Gasteiger partial charge in [-0.25, -0.2) is 4.98 Å². The van der Waals surface area contributed by atoms with Crippen LogP contribution in [0.15, 0.2) is 42.6 Å². The summed E-state index contributed by atoms with van der Waals surface area (Å²) in [5, 5.41) is 2.88. The summed E-state index contributed by atoms with van der Waals surface area (Å²) in [6.07, 6.45) is 1.15. The molecule has 0 bridgehead atoms. The van der Waals surface area contributed by atoms with Crippen LogP contribution >= 0.6 is 0 Å². The Morgan fingerprint density at radius 3 is 2.64 bits per heavy atom. The minimum atomic E-state index is -0.641. The first-order valence-corrected chi connectivity index (χ1v) is 8.57. The van der Waals surface area contributed by atoms with Crippen molar-refractivity contribution in [3.63, 3.8) is 0 Å². The maximum atomic E-state index is 12.3. The molecule has 0 unspecified atom stereocenters. The minimum Gasteiger partial charge on any atom is -0.485 e. The van der Waals surface area contributed by atoms with Crippen LogP contribution in [0.25, 0.3) is 0 Å². The van der Waals surface area contributed by atoms with Gasteiger partial charge in [0.15, 0.2) is 11.5 Å². The van der Waals surface area contributed by atoms with Gasteiger partial charge in [-0.1, -0.05) is 18.2 Å². The van der Waals surface area contributed by atoms with E-state index in [1.807, 2.05) is 30.3 Å². The Morgan fingerprint density at radius 2 is 1.96 bits per heavy atom. The number of nitrogens with one attached hydrogen (secondary N) is 1. The van der Waals surface area contributed by atoms with E-state index in [4.69, 9.17) is 9.47 Å². The van der Waals surface area contributed by atoms with E-state index in [1.54, 1.807) is 12.3 Å². The number of nitrogens with zero attached hydrogens (tertiary/aromatic N) is 2. The van der Waals surface area contributed by atoms with E-state index in [0.717, 1.165) is 24.5 Å². The highest BCUT2D eigenvalue weighted by Gasteiger charge is 2.26. The molecule has 0 fully saturated rings. The summed E-state index contributed by atoms with van der Waals surface area (Å²) < 4.78 is 11.3. The van der Waals surface area contributed by atoms with E-state index >= 15 is 0 Å². The zero-order valence-corrected chi connectivity index (χ0v) is 14.6. The largest absolute Gasteiger partial charge is 0.485 e. The fourth-order valence-corrected chi connectivity index (χ4v) is 2.71. The van der Waals surface area contributed by atoms with Gasteiger partial charge in [-0.2, -0.15) is 0 Å². The van der Waals surface area contributed by atoms with Gasteiger partial charge >= 0.3 is 0 Å². The Labute approximate surface area is 147 Å². The molecule has 2 aromatic rings. The summed E-state index contributed by atoms with van der Waals surface area (Å²) in [4.78, 5) is 18.9. The molecule has 1 atom stereocenters. The second-order valence-electron chi connectivity index (χ2n) is 5.78. The topological polar surface area (TPSA) is 63.7 Å². The lowest BCUT2D eigenvalue weighted by atomic mass is 10.2. The molecule has 6 nitrogen and oxygen atoms in total. The summed E-state index contributed by atoms with van der Waals surface area (Å²) in [6.45, 7) is 6.65. The second-order valence-corrected chi connectivity index (χ2v) is 5.78. The van der Waals surface area contributed by atoms with Gasteiger partial charge in [0.25, 0.3) is 5.91 Å². The summed E-state index contributed by atoms with van der Waals surface area (Å²) >= 11 is 0. The number of hydrogen-bond donors (Lipinski definition) is 1. The number of anilines is 1. The van der Waals surface area contributed by atoms with E-state index in [-0.39, 0.29) is 12.5 Å². The molecule has 0 spiro atoms. The van der Waals surface area contributed by atoms with Crippen LogP contribution in [0.4, 0.5) is 5.82 Å². The maximum absolute atomic E-state index is 12.3. The van der Waals surface area contributed by atoms with Crippen molar-refractivity contribution < 1.29 is 14.3 Å². The van der Waals surface area contributed by atoms with Crippen molar-refractivity contribution in [1.82, 2.24) is 10.3 Å². The van der Waals surface area contributed by atoms with Gasteiger partial charge in [-0.15, -0.1) is 0 Å². The minimum absolute atomic E-state index is 0.192. The summed E-state index contributed by atoms with van der Waals surface area (Å²) in [6, 6.07) is 11.3. The quantitative estimate of drug-likeness (QED) is 0.874. The molecule has 0 saturated carbocycles. The number of carbonyl (C=O) groups excluding carboxylic acids is 1. The first-order valence-electron chi connectivity index (χ1n) is 8.57. The second kappa shape index (κ2) is 7.88. The SMILES string of the molecule is CCN(CC)c1ccc(CNC(=O)[C@H]2COc3ccccc3O2)cn1. The van der Waals surface area contributed by atoms with Crippen molar-refractivity contribution in [2.75, 3.05) is 24.6 Å². The molecule has 0 aliphatic carbocycles. The molecule has 2 heterocycles. The van der Waals surface area contributed by atoms with E-state index in [0.29, 0.717) is 18.0 Å². The molecule has 0 saturated heterocycles. The Balaban J connectivity index is 1.54. The van der Waals surface area contributed by atoms with E-state index in [2.05, 4.69) is 29.0 Å². The Hall–Kier alpha value is -2.76. The normalized spacial score (nSPS) is 15.5. The van der Waals surface area contributed by atoms with E-state index < -0.39 is 6.10 Å². The molecule has 1 aliphatic rings. The molecule has 132 valence electrons. The highest BCUT2D eigenvalue weighted by Crippen LogP contribution is 2.30. The number of hydrogen-bond acceptors (Lipinski definition) is 5. The van der Waals surface area contributed by atoms with Crippen LogP contribution < -0.4 is 19.7 Å². The molecule has 3 rings (SSSR count). The summed E-state index contributed by atoms with van der Waals surface area (Å²) in [5.41, 5.74) is 0.946. The van der Waals surface area contributed by atoms with Gasteiger partial charge in [0.2, 0.25) is 6.10 Å². The van der Waals surface area contributed by atoms with Crippen LogP contribution in [0.1, 0.15) is 19.4 Å². The van der Waals surface area contributed by atoms with Crippen LogP contribution in [0.3, 0.4) is 0 Å². The molecule has 25 heavy (non-hydrogen) atoms. The Kier molecular flexibility index (Phi) is 5.38. The number of amides is 1. The van der Waals surface area contributed by atoms with Gasteiger partial charge in [0.1, 0.15) is 12.4 Å². The maximum Gasteiger partial charge on any atom is 0.264 e. The predicted octanol–water partition coefficient (Wildman–Crippen LogP) is 2.38. The van der Waals surface area contributed by atoms with Gasteiger partial charge in [-0.05, 0) is 37.6 Å². The zero-order valence-electron chi connectivity index (χ0n) is 14.6. The van der Waals surface area contributed by atoms with Crippen molar-refractivity contribution in [2.45, 2.75) is 26.5 Å². The lowest BCUT2D eigenvalue weighted by Crippen LogP contribution is -2.43. The lowest BCUT2D eigenvalue weighted by molar-refractivity contribution is -0.130. The van der Waals surface area contributed by atoms with Crippen LogP contribution in [0.5, 0.6) is 11.5 Å². The summed E-state index contributed by atoms with van der Waals surface area (Å²) in [5.74, 6) is 2.02. The molecule has 1 N–H and O–H groups in total. The number of para-hydroxylation sites is 2. The van der Waals surface area contributed by atoms with Gasteiger partial charge in [-0.3, -0.25) is 4.79 Å². The van der Waals surface area contributed by atoms with Crippen LogP contribution in [0, 0.1) is 0 Å². The van der Waals surface area contributed by atoms with Crippen molar-refractivity contribution in [3.8, 4) is 11.5 Å². The smallest absolute Gasteiger partial charge is 0.264 e. The molecule has 0 radical (unpaired) electrons. The number of fused-ring (bicyclic) bond motifs is 1. The highest BCUT2D eigenvalue weighted by atomic mass is 16.6. The third-order valence-electron chi connectivity index (χ3n) is 4.16. The van der Waals surface area contributed by atoms with E-state index in [9.17, 15) is 4.79 Å². The van der Waals surface area contributed by atoms with Crippen molar-refractivity contribution >= 4 is 11.7 Å². The first kappa shape index (κ1) is 17.1. The Morgan fingerprint density at radius 1 is 1.20 bits per heavy atom. The monoisotopic (exact) mass is 341 g/mol. The van der Waals surface area contributed by atoms with Gasteiger partial charge < -0.3 is 19.7 Å². The molecular weight excluding hydrogens is 318 g/mol. The third-order valence-corrected chi connectivity index (χ3v) is 4.16. The van der Waals surface area contributed by atoms with Crippen molar-refractivity contribution in [2.24, 2.45) is 0 Å². The number of ether oxygens (including phenoxy) is 2. The van der Waals surface area contributed by atoms with Crippen molar-refractivity contribution in [3.05, 3.63) is 48.2 Å². The van der Waals surface area contributed by atoms with E-state index in [1.165, 1.54) is 0 Å². The average Bonchev–Trinajstić information content (AvgIpc) is 2.67. The third kappa shape index (κ3) is 4.02. The Bertz CT molecular complexity index is 714. The highest BCUT2D eigenvalue weighted by molar-refractivity contribution is 5.81. The molecule has 1 aromatic carbocycles. The number of benzene rings is 1. The lowest BCUT2D eigenvalue weighted by Gasteiger charge is -2.25. The molecular formula is C19H23N3O3. The molecule has 1 aliphatic heterocycles. The number of pyridine rings is 1. The van der Waals surface area contributed by atoms with Crippen LogP contribution in [-0.2, 0) is 11.3 Å². The molecule has 6 heteroatoms. The van der Waals surface area contributed by atoms with Gasteiger partial charge in [0, 0.05) is 25.8 Å². The van der Waals surface area contributed by atoms with Crippen molar-refractivity contribution in [1.29, 1.82) is 0 Å².